The monoisotopic (exact) mass is 686 g/mol. The molecule has 5 heteroatoms. The lowest BCUT2D eigenvalue weighted by atomic mass is 9.89. The summed E-state index contributed by atoms with van der Waals surface area (Å²) < 4.78 is 38.2. The Morgan fingerprint density at radius 3 is 1.88 bits per heavy atom. The van der Waals surface area contributed by atoms with E-state index in [2.05, 4.69) is 66.4 Å². The first-order valence-corrected chi connectivity index (χ1v) is 17.8. The molecule has 0 bridgehead atoms. The summed E-state index contributed by atoms with van der Waals surface area (Å²) in [5, 5.41) is 3.27. The van der Waals surface area contributed by atoms with Crippen LogP contribution in [0, 0.1) is 19.8 Å². The molecule has 0 aliphatic rings. The number of Topliss-reactive ketones (excluding diaryl/α,β-unsaturated/α-hetero) is 1. The highest BCUT2D eigenvalue weighted by Crippen LogP contribution is 2.32. The number of carbonyl (C=O) groups is 1. The summed E-state index contributed by atoms with van der Waals surface area (Å²) >= 11 is 0. The molecule has 278 valence electrons. The van der Waals surface area contributed by atoms with Crippen LogP contribution in [-0.4, -0.2) is 18.4 Å². The number of hydrogen-bond donors (Lipinski definition) is 1. The first-order chi connectivity index (χ1) is 22.7. The SMILES string of the molecule is C=C(C)/C=C\C=C(/C)CC.CC.CC(=O)/C(C)=C\c1ccc(C)cc1.CCC.CNC(C)(C)CCC(C)Cc1ccc(C(F)(F)F)c(C)c1. The van der Waals surface area contributed by atoms with E-state index >= 15 is 0 Å². The first kappa shape index (κ1) is 50.2. The van der Waals surface area contributed by atoms with Gasteiger partial charge >= 0.3 is 6.18 Å². The molecular formula is C44H70F3NO. The Bertz CT molecular complexity index is 1280. The molecule has 0 amide bonds. The summed E-state index contributed by atoms with van der Waals surface area (Å²) in [6.45, 7) is 31.7. The van der Waals surface area contributed by atoms with E-state index in [-0.39, 0.29) is 11.3 Å². The lowest BCUT2D eigenvalue weighted by molar-refractivity contribution is -0.138. The van der Waals surface area contributed by atoms with Crippen LogP contribution in [0.4, 0.5) is 13.2 Å². The van der Waals surface area contributed by atoms with Crippen LogP contribution in [0.1, 0.15) is 137 Å². The topological polar surface area (TPSA) is 29.1 Å². The molecule has 0 saturated carbocycles. The molecule has 2 rings (SSSR count). The standard InChI is InChI=1S/C17H26F3N.C12H14O.C10H16.C3H8.C2H6/c1-12(8-9-16(3,4)21-5)10-14-6-7-15(13(2)11-14)17(18,19)20;1-9-4-6-12(7-5-9)8-10(2)11(3)13;1-5-10(4)8-6-7-9(2)3;1-3-2;1-2/h6-7,11-12,21H,8-10H2,1-5H3;4-8H,1-3H3;6-8H,2,5H2,1,3-4H3;3H2,1-2H3;1-2H3/b;10-8-;7-6-,10-8+;;. The zero-order valence-electron chi connectivity index (χ0n) is 33.7. The van der Waals surface area contributed by atoms with Gasteiger partial charge in [-0.2, -0.15) is 13.2 Å². The van der Waals surface area contributed by atoms with Gasteiger partial charge in [0.25, 0.3) is 0 Å². The zero-order chi connectivity index (χ0) is 38.8. The lowest BCUT2D eigenvalue weighted by Crippen LogP contribution is -2.36. The lowest BCUT2D eigenvalue weighted by Gasteiger charge is -2.25. The van der Waals surface area contributed by atoms with Crippen molar-refractivity contribution in [3.63, 3.8) is 0 Å². The van der Waals surface area contributed by atoms with E-state index in [0.717, 1.165) is 48.0 Å². The Balaban J connectivity index is -0.000000647. The van der Waals surface area contributed by atoms with E-state index in [4.69, 9.17) is 0 Å². The normalized spacial score (nSPS) is 12.2. The third kappa shape index (κ3) is 27.3. The average molecular weight is 686 g/mol. The summed E-state index contributed by atoms with van der Waals surface area (Å²) in [6.07, 6.45) is 9.11. The molecule has 0 radical (unpaired) electrons. The predicted octanol–water partition coefficient (Wildman–Crippen LogP) is 13.9. The van der Waals surface area contributed by atoms with Crippen LogP contribution in [0.3, 0.4) is 0 Å². The molecule has 0 spiro atoms. The van der Waals surface area contributed by atoms with Gasteiger partial charge < -0.3 is 5.32 Å². The summed E-state index contributed by atoms with van der Waals surface area (Å²) in [5.74, 6) is 0.578. The fourth-order valence-corrected chi connectivity index (χ4v) is 3.92. The molecule has 1 atom stereocenters. The van der Waals surface area contributed by atoms with E-state index in [0.29, 0.717) is 11.5 Å². The highest BCUT2D eigenvalue weighted by molar-refractivity contribution is 5.97. The summed E-state index contributed by atoms with van der Waals surface area (Å²) in [6, 6.07) is 12.6. The zero-order valence-corrected chi connectivity index (χ0v) is 33.7. The molecule has 0 aromatic heterocycles. The van der Waals surface area contributed by atoms with Crippen LogP contribution in [0.15, 0.2) is 84.0 Å². The number of nitrogens with one attached hydrogen (secondary N) is 1. The van der Waals surface area contributed by atoms with Gasteiger partial charge in [0.2, 0.25) is 0 Å². The Morgan fingerprint density at radius 2 is 1.47 bits per heavy atom. The molecule has 0 saturated heterocycles. The quantitative estimate of drug-likeness (QED) is 0.188. The third-order valence-corrected chi connectivity index (χ3v) is 7.45. The third-order valence-electron chi connectivity index (χ3n) is 7.45. The molecule has 49 heavy (non-hydrogen) atoms. The average Bonchev–Trinajstić information content (AvgIpc) is 3.02. The summed E-state index contributed by atoms with van der Waals surface area (Å²) in [7, 11) is 1.95. The van der Waals surface area contributed by atoms with E-state index < -0.39 is 11.7 Å². The van der Waals surface area contributed by atoms with Crippen molar-refractivity contribution in [1.82, 2.24) is 5.32 Å². The van der Waals surface area contributed by atoms with Gasteiger partial charge in [0.15, 0.2) is 5.78 Å². The number of aryl methyl sites for hydroxylation is 2. The van der Waals surface area contributed by atoms with Gasteiger partial charge in [0, 0.05) is 5.54 Å². The number of ketones is 1. The molecule has 1 N–H and O–H groups in total. The van der Waals surface area contributed by atoms with Crippen molar-refractivity contribution in [1.29, 1.82) is 0 Å². The fraction of sp³-hybridized carbons (Fsp3) is 0.523. The van der Waals surface area contributed by atoms with Gasteiger partial charge in [-0.15, -0.1) is 0 Å². The number of benzene rings is 2. The van der Waals surface area contributed by atoms with Crippen molar-refractivity contribution in [2.24, 2.45) is 5.92 Å². The van der Waals surface area contributed by atoms with Gasteiger partial charge in [-0.1, -0.05) is 126 Å². The minimum absolute atomic E-state index is 0.102. The summed E-state index contributed by atoms with van der Waals surface area (Å²) in [5.41, 5.74) is 6.47. The molecule has 0 fully saturated rings. The highest BCUT2D eigenvalue weighted by Gasteiger charge is 2.32. The highest BCUT2D eigenvalue weighted by atomic mass is 19.4. The molecular weight excluding hydrogens is 615 g/mol. The number of hydrogen-bond acceptors (Lipinski definition) is 2. The van der Waals surface area contributed by atoms with Gasteiger partial charge in [-0.3, -0.25) is 4.79 Å². The minimum Gasteiger partial charge on any atom is -0.315 e. The summed E-state index contributed by atoms with van der Waals surface area (Å²) in [4.78, 5) is 10.9. The second-order valence-corrected chi connectivity index (χ2v) is 13.2. The fourth-order valence-electron chi connectivity index (χ4n) is 3.92. The van der Waals surface area contributed by atoms with E-state index in [9.17, 15) is 18.0 Å². The number of alkyl halides is 3. The number of rotatable bonds is 11. The second kappa shape index (κ2) is 27.6. The Hall–Kier alpha value is -3.18. The second-order valence-electron chi connectivity index (χ2n) is 13.2. The number of carbonyl (C=O) groups excluding carboxylic acids is 1. The number of allylic oxidation sites excluding steroid dienone is 6. The van der Waals surface area contributed by atoms with Gasteiger partial charge in [-0.05, 0) is 128 Å². The predicted molar refractivity (Wildman–Crippen MR) is 212 cm³/mol. The molecule has 1 unspecified atom stereocenters. The smallest absolute Gasteiger partial charge is 0.315 e. The van der Waals surface area contributed by atoms with Crippen LogP contribution < -0.4 is 5.32 Å². The molecule has 0 aliphatic carbocycles. The maximum absolute atomic E-state index is 12.7. The van der Waals surface area contributed by atoms with Gasteiger partial charge in [-0.25, -0.2) is 0 Å². The molecule has 2 nitrogen and oxygen atoms in total. The van der Waals surface area contributed by atoms with Crippen LogP contribution in [0.25, 0.3) is 6.08 Å². The Kier molecular flexibility index (Phi) is 28.3. The molecule has 2 aromatic rings. The Morgan fingerprint density at radius 1 is 0.939 bits per heavy atom. The van der Waals surface area contributed by atoms with Crippen LogP contribution in [0.2, 0.25) is 0 Å². The van der Waals surface area contributed by atoms with Crippen LogP contribution in [0.5, 0.6) is 0 Å². The maximum atomic E-state index is 12.7. The van der Waals surface area contributed by atoms with Crippen LogP contribution in [-0.2, 0) is 17.4 Å². The minimum atomic E-state index is -4.26. The first-order valence-electron chi connectivity index (χ1n) is 17.8. The largest absolute Gasteiger partial charge is 0.416 e. The van der Waals surface area contributed by atoms with E-state index in [1.165, 1.54) is 30.5 Å². The van der Waals surface area contributed by atoms with Crippen molar-refractivity contribution in [3.05, 3.63) is 112 Å². The van der Waals surface area contributed by atoms with E-state index in [1.807, 2.05) is 84.2 Å². The van der Waals surface area contributed by atoms with Crippen molar-refractivity contribution in [2.75, 3.05) is 7.05 Å². The molecule has 2 aromatic carbocycles. The number of halogens is 3. The molecule has 0 aliphatic heterocycles. The van der Waals surface area contributed by atoms with Crippen molar-refractivity contribution in [2.45, 2.75) is 141 Å². The van der Waals surface area contributed by atoms with Crippen molar-refractivity contribution in [3.8, 4) is 0 Å². The molecule has 0 heterocycles. The van der Waals surface area contributed by atoms with E-state index in [1.54, 1.807) is 19.1 Å². The maximum Gasteiger partial charge on any atom is 0.416 e. The van der Waals surface area contributed by atoms with Gasteiger partial charge in [0.1, 0.15) is 0 Å². The Labute approximate surface area is 300 Å². The van der Waals surface area contributed by atoms with Crippen molar-refractivity contribution >= 4 is 11.9 Å². The van der Waals surface area contributed by atoms with Gasteiger partial charge in [0.05, 0.1) is 5.56 Å². The van der Waals surface area contributed by atoms with Crippen molar-refractivity contribution < 1.29 is 18.0 Å². The van der Waals surface area contributed by atoms with Crippen LogP contribution >= 0.6 is 0 Å².